The van der Waals surface area contributed by atoms with Gasteiger partial charge in [0.15, 0.2) is 0 Å². The summed E-state index contributed by atoms with van der Waals surface area (Å²) in [7, 11) is 0. The minimum Gasteiger partial charge on any atom is -0.487 e. The molecule has 5 nitrogen and oxygen atoms in total. The second-order valence-electron chi connectivity index (χ2n) is 7.69. The van der Waals surface area contributed by atoms with Gasteiger partial charge < -0.3 is 25.0 Å². The van der Waals surface area contributed by atoms with Gasteiger partial charge in [0.05, 0.1) is 0 Å². The van der Waals surface area contributed by atoms with Gasteiger partial charge in [-0.05, 0) is 73.2 Å². The monoisotopic (exact) mass is 405 g/mol. The van der Waals surface area contributed by atoms with Gasteiger partial charge in [-0.1, -0.05) is 0 Å². The van der Waals surface area contributed by atoms with E-state index in [-0.39, 0.29) is 36.9 Å². The molecule has 2 aliphatic heterocycles. The molecule has 156 valence electrons. The molecule has 7 heteroatoms. The second kappa shape index (κ2) is 8.65. The van der Waals surface area contributed by atoms with Gasteiger partial charge in [-0.15, -0.1) is 0 Å². The fourth-order valence-corrected chi connectivity index (χ4v) is 3.94. The third kappa shape index (κ3) is 4.69. The number of ether oxygens (including phenoxy) is 2. The molecule has 4 atom stereocenters. The van der Waals surface area contributed by atoms with Crippen LogP contribution in [0.3, 0.4) is 0 Å². The predicted octanol–water partition coefficient (Wildman–Crippen LogP) is 2.36. The molecule has 2 heterocycles. The van der Waals surface area contributed by atoms with Crippen LogP contribution in [-0.4, -0.2) is 47.7 Å². The normalized spacial score (nSPS) is 22.6. The van der Waals surface area contributed by atoms with Gasteiger partial charge in [0.2, 0.25) is 0 Å². The van der Waals surface area contributed by atoms with Crippen LogP contribution >= 0.6 is 0 Å². The van der Waals surface area contributed by atoms with Crippen LogP contribution in [0.15, 0.2) is 36.4 Å². The molecule has 2 aliphatic rings. The molecule has 0 aliphatic carbocycles. The maximum Gasteiger partial charge on any atom is 0.126 e. The lowest BCUT2D eigenvalue weighted by atomic mass is 9.98. The molecule has 4 rings (SSSR count). The first-order valence-corrected chi connectivity index (χ1v) is 9.96. The minimum absolute atomic E-state index is 0.257. The zero-order valence-corrected chi connectivity index (χ0v) is 16.0. The van der Waals surface area contributed by atoms with Crippen LogP contribution in [0.25, 0.3) is 0 Å². The van der Waals surface area contributed by atoms with E-state index in [1.807, 2.05) is 0 Å². The first-order chi connectivity index (χ1) is 14.0. The number of aliphatic hydroxyl groups excluding tert-OH is 2. The topological polar surface area (TPSA) is 71.0 Å². The number of aliphatic hydroxyl groups is 2. The van der Waals surface area contributed by atoms with E-state index in [9.17, 15) is 19.0 Å². The van der Waals surface area contributed by atoms with E-state index in [0.717, 1.165) is 11.1 Å². The summed E-state index contributed by atoms with van der Waals surface area (Å²) >= 11 is 0. The molecule has 2 aromatic rings. The Morgan fingerprint density at radius 3 is 1.72 bits per heavy atom. The van der Waals surface area contributed by atoms with Gasteiger partial charge in [-0.25, -0.2) is 8.78 Å². The average molecular weight is 405 g/mol. The Balaban J connectivity index is 1.24. The fourth-order valence-electron chi connectivity index (χ4n) is 3.94. The molecule has 3 unspecified atom stereocenters. The zero-order chi connectivity index (χ0) is 20.4. The van der Waals surface area contributed by atoms with Crippen molar-refractivity contribution in [2.24, 2.45) is 0 Å². The number of halogens is 2. The highest BCUT2D eigenvalue weighted by molar-refractivity contribution is 5.36. The number of rotatable bonds is 6. The highest BCUT2D eigenvalue weighted by Gasteiger charge is 2.29. The van der Waals surface area contributed by atoms with Crippen LogP contribution in [0.4, 0.5) is 8.78 Å². The summed E-state index contributed by atoms with van der Waals surface area (Å²) in [6.07, 6.45) is 0.214. The summed E-state index contributed by atoms with van der Waals surface area (Å²) in [5, 5.41) is 23.9. The van der Waals surface area contributed by atoms with Crippen LogP contribution in [-0.2, 0) is 12.8 Å². The maximum atomic E-state index is 13.3. The molecule has 0 saturated heterocycles. The molecule has 0 bridgehead atoms. The first-order valence-electron chi connectivity index (χ1n) is 9.96. The summed E-state index contributed by atoms with van der Waals surface area (Å²) in [6.45, 7) is 0.513. The molecular formula is C22H25F2NO4. The second-order valence-corrected chi connectivity index (χ2v) is 7.69. The summed E-state index contributed by atoms with van der Waals surface area (Å²) in [6, 6.07) is 8.79. The Bertz CT molecular complexity index is 793. The molecular weight excluding hydrogens is 380 g/mol. The summed E-state index contributed by atoms with van der Waals surface area (Å²) in [5.74, 6) is 0.624. The fraction of sp³-hybridized carbons (Fsp3) is 0.455. The van der Waals surface area contributed by atoms with Crippen molar-refractivity contribution in [1.29, 1.82) is 0 Å². The molecule has 0 saturated carbocycles. The predicted molar refractivity (Wildman–Crippen MR) is 103 cm³/mol. The van der Waals surface area contributed by atoms with Crippen molar-refractivity contribution < 1.29 is 28.5 Å². The Morgan fingerprint density at radius 2 is 1.28 bits per heavy atom. The summed E-state index contributed by atoms with van der Waals surface area (Å²) in [4.78, 5) is 0. The quantitative estimate of drug-likeness (QED) is 0.688. The largest absolute Gasteiger partial charge is 0.487 e. The van der Waals surface area contributed by atoms with E-state index in [1.54, 1.807) is 12.1 Å². The van der Waals surface area contributed by atoms with Gasteiger partial charge in [-0.2, -0.15) is 0 Å². The van der Waals surface area contributed by atoms with Crippen molar-refractivity contribution in [2.45, 2.75) is 50.1 Å². The molecule has 2 aromatic carbocycles. The van der Waals surface area contributed by atoms with Crippen LogP contribution in [0.1, 0.15) is 24.0 Å². The number of benzene rings is 2. The number of nitrogens with one attached hydrogen (secondary N) is 1. The van der Waals surface area contributed by atoms with E-state index in [4.69, 9.17) is 9.47 Å². The Labute approximate surface area is 168 Å². The van der Waals surface area contributed by atoms with Crippen molar-refractivity contribution in [3.05, 3.63) is 59.2 Å². The molecule has 3 N–H and O–H groups in total. The van der Waals surface area contributed by atoms with Crippen LogP contribution in [0.5, 0.6) is 11.5 Å². The van der Waals surface area contributed by atoms with E-state index in [2.05, 4.69) is 5.32 Å². The summed E-state index contributed by atoms with van der Waals surface area (Å²) < 4.78 is 38.2. The summed E-state index contributed by atoms with van der Waals surface area (Å²) in [5.41, 5.74) is 1.62. The van der Waals surface area contributed by atoms with Crippen molar-refractivity contribution in [2.75, 3.05) is 13.1 Å². The van der Waals surface area contributed by atoms with Crippen LogP contribution in [0.2, 0.25) is 0 Å². The third-order valence-electron chi connectivity index (χ3n) is 5.56. The molecule has 0 aromatic heterocycles. The maximum absolute atomic E-state index is 13.3. The van der Waals surface area contributed by atoms with Gasteiger partial charge in [0.1, 0.15) is 47.5 Å². The molecule has 29 heavy (non-hydrogen) atoms. The number of hydrogen-bond acceptors (Lipinski definition) is 5. The van der Waals surface area contributed by atoms with E-state index < -0.39 is 12.2 Å². The van der Waals surface area contributed by atoms with Crippen molar-refractivity contribution in [1.82, 2.24) is 5.32 Å². The van der Waals surface area contributed by atoms with E-state index >= 15 is 0 Å². The smallest absolute Gasteiger partial charge is 0.126 e. The van der Waals surface area contributed by atoms with Crippen molar-refractivity contribution in [3.8, 4) is 11.5 Å². The molecule has 0 spiro atoms. The van der Waals surface area contributed by atoms with E-state index in [1.165, 1.54) is 24.3 Å². The van der Waals surface area contributed by atoms with Gasteiger partial charge >= 0.3 is 0 Å². The van der Waals surface area contributed by atoms with Crippen molar-refractivity contribution in [3.63, 3.8) is 0 Å². The number of fused-ring (bicyclic) bond motifs is 2. The lowest BCUT2D eigenvalue weighted by Gasteiger charge is -2.31. The highest BCUT2D eigenvalue weighted by Crippen LogP contribution is 2.30. The Kier molecular flexibility index (Phi) is 5.99. The van der Waals surface area contributed by atoms with Crippen molar-refractivity contribution >= 4 is 0 Å². The first kappa shape index (κ1) is 20.1. The Hall–Kier alpha value is -2.22. The standard InChI is InChI=1S/C22H25F2NO4/c23-15-3-7-19-13(9-15)1-5-21(28-19)17(26)11-25-12-18(27)22-6-2-14-10-16(24)4-8-20(14)29-22/h3-4,7-10,17-18,21-22,25-27H,1-2,5-6,11-12H2/t17?,18?,21-,22?/m0/s1. The van der Waals surface area contributed by atoms with Gasteiger partial charge in [-0.3, -0.25) is 0 Å². The Morgan fingerprint density at radius 1 is 0.828 bits per heavy atom. The lowest BCUT2D eigenvalue weighted by Crippen LogP contribution is -2.46. The minimum atomic E-state index is -0.753. The van der Waals surface area contributed by atoms with Crippen LogP contribution < -0.4 is 14.8 Å². The number of hydrogen-bond donors (Lipinski definition) is 3. The molecule has 0 radical (unpaired) electrons. The van der Waals surface area contributed by atoms with Gasteiger partial charge in [0, 0.05) is 13.1 Å². The molecule has 0 fully saturated rings. The zero-order valence-electron chi connectivity index (χ0n) is 16.0. The SMILES string of the molecule is OC(CNCC(O)[C@@H]1CCc2cc(F)ccc2O1)C1CCc2cc(F)ccc2O1. The lowest BCUT2D eigenvalue weighted by molar-refractivity contribution is 0.00892. The number of aryl methyl sites for hydroxylation is 2. The van der Waals surface area contributed by atoms with Crippen LogP contribution in [0, 0.1) is 11.6 Å². The molecule has 0 amide bonds. The average Bonchev–Trinajstić information content (AvgIpc) is 2.72. The van der Waals surface area contributed by atoms with Gasteiger partial charge in [0.25, 0.3) is 0 Å². The third-order valence-corrected chi connectivity index (χ3v) is 5.56. The van der Waals surface area contributed by atoms with E-state index in [0.29, 0.717) is 37.2 Å². The highest BCUT2D eigenvalue weighted by atomic mass is 19.1.